The highest BCUT2D eigenvalue weighted by atomic mass is 16.7. The SMILES string of the molecule is Oc1ccc(C2OC=CO2)cc1. The zero-order chi connectivity index (χ0) is 8.39. The van der Waals surface area contributed by atoms with Crippen molar-refractivity contribution in [2.45, 2.75) is 6.29 Å². The lowest BCUT2D eigenvalue weighted by atomic mass is 10.2. The van der Waals surface area contributed by atoms with Gasteiger partial charge in [-0.05, 0) is 24.3 Å². The Balaban J connectivity index is 2.18. The van der Waals surface area contributed by atoms with Gasteiger partial charge in [-0.3, -0.25) is 0 Å². The van der Waals surface area contributed by atoms with E-state index in [4.69, 9.17) is 14.6 Å². The van der Waals surface area contributed by atoms with Gasteiger partial charge in [0.05, 0.1) is 0 Å². The monoisotopic (exact) mass is 164 g/mol. The van der Waals surface area contributed by atoms with Crippen molar-refractivity contribution in [3.8, 4) is 5.75 Å². The van der Waals surface area contributed by atoms with Crippen LogP contribution in [0.3, 0.4) is 0 Å². The quantitative estimate of drug-likeness (QED) is 0.689. The summed E-state index contributed by atoms with van der Waals surface area (Å²) in [5.74, 6) is 0.240. The van der Waals surface area contributed by atoms with Crippen LogP contribution in [-0.2, 0) is 9.47 Å². The molecule has 0 aromatic heterocycles. The average molecular weight is 164 g/mol. The van der Waals surface area contributed by atoms with Crippen molar-refractivity contribution >= 4 is 0 Å². The summed E-state index contributed by atoms with van der Waals surface area (Å²) in [5, 5.41) is 9.00. The predicted molar refractivity (Wildman–Crippen MR) is 42.2 cm³/mol. The first-order valence-electron chi connectivity index (χ1n) is 3.61. The Hall–Kier alpha value is -1.64. The maximum atomic E-state index is 9.00. The van der Waals surface area contributed by atoms with Crippen LogP contribution < -0.4 is 0 Å². The van der Waals surface area contributed by atoms with E-state index in [1.807, 2.05) is 0 Å². The van der Waals surface area contributed by atoms with Crippen molar-refractivity contribution in [3.05, 3.63) is 42.4 Å². The van der Waals surface area contributed by atoms with Gasteiger partial charge in [0.25, 0.3) is 6.29 Å². The third-order valence-corrected chi connectivity index (χ3v) is 1.63. The van der Waals surface area contributed by atoms with Gasteiger partial charge in [0.1, 0.15) is 18.3 Å². The molecule has 0 amide bonds. The standard InChI is InChI=1S/C9H8O3/c10-8-3-1-7(2-4-8)9-11-5-6-12-9/h1-6,9-10H. The van der Waals surface area contributed by atoms with Crippen LogP contribution >= 0.6 is 0 Å². The van der Waals surface area contributed by atoms with Gasteiger partial charge in [0.2, 0.25) is 0 Å². The molecule has 2 rings (SSSR count). The Morgan fingerprint density at radius 3 is 2.17 bits per heavy atom. The molecule has 0 fully saturated rings. The van der Waals surface area contributed by atoms with Crippen molar-refractivity contribution in [3.63, 3.8) is 0 Å². The Morgan fingerprint density at radius 2 is 1.58 bits per heavy atom. The summed E-state index contributed by atoms with van der Waals surface area (Å²) >= 11 is 0. The van der Waals surface area contributed by atoms with E-state index < -0.39 is 0 Å². The molecule has 0 radical (unpaired) electrons. The summed E-state index contributed by atoms with van der Waals surface area (Å²) in [6.07, 6.45) is 2.64. The lowest BCUT2D eigenvalue weighted by Gasteiger charge is -2.09. The van der Waals surface area contributed by atoms with E-state index in [0.29, 0.717) is 0 Å². The summed E-state index contributed by atoms with van der Waals surface area (Å²) in [6.45, 7) is 0. The van der Waals surface area contributed by atoms with Crippen molar-refractivity contribution in [1.82, 2.24) is 0 Å². The Bertz CT molecular complexity index is 281. The van der Waals surface area contributed by atoms with Crippen LogP contribution in [0, 0.1) is 0 Å². The van der Waals surface area contributed by atoms with Gasteiger partial charge >= 0.3 is 0 Å². The fourth-order valence-corrected chi connectivity index (χ4v) is 1.03. The van der Waals surface area contributed by atoms with Crippen molar-refractivity contribution < 1.29 is 14.6 Å². The van der Waals surface area contributed by atoms with Crippen LogP contribution in [0.5, 0.6) is 5.75 Å². The zero-order valence-corrected chi connectivity index (χ0v) is 6.31. The molecule has 62 valence electrons. The predicted octanol–water partition coefficient (Wildman–Crippen LogP) is 1.91. The second-order valence-corrected chi connectivity index (χ2v) is 2.47. The number of phenolic OH excluding ortho intramolecular Hbond substituents is 1. The summed E-state index contributed by atoms with van der Waals surface area (Å²) in [7, 11) is 0. The average Bonchev–Trinajstić information content (AvgIpc) is 2.58. The van der Waals surface area contributed by atoms with Crippen molar-refractivity contribution in [1.29, 1.82) is 0 Å². The summed E-state index contributed by atoms with van der Waals surface area (Å²) in [5.41, 5.74) is 0.887. The number of ether oxygens (including phenoxy) is 2. The van der Waals surface area contributed by atoms with Gasteiger partial charge in [-0.25, -0.2) is 0 Å². The second-order valence-electron chi connectivity index (χ2n) is 2.47. The molecule has 0 aliphatic carbocycles. The number of benzene rings is 1. The molecule has 1 N–H and O–H groups in total. The Morgan fingerprint density at radius 1 is 1.00 bits per heavy atom. The Labute approximate surface area is 69.9 Å². The highest BCUT2D eigenvalue weighted by Gasteiger charge is 2.14. The molecule has 0 saturated carbocycles. The molecule has 1 heterocycles. The summed E-state index contributed by atoms with van der Waals surface area (Å²) in [4.78, 5) is 0. The third kappa shape index (κ3) is 1.21. The number of hydrogen-bond acceptors (Lipinski definition) is 3. The van der Waals surface area contributed by atoms with E-state index >= 15 is 0 Å². The van der Waals surface area contributed by atoms with Gasteiger partial charge < -0.3 is 14.6 Å². The maximum absolute atomic E-state index is 9.00. The topological polar surface area (TPSA) is 38.7 Å². The molecule has 1 aromatic carbocycles. The molecule has 0 unspecified atom stereocenters. The first kappa shape index (κ1) is 7.03. The molecule has 3 heteroatoms. The molecule has 0 saturated heterocycles. The van der Waals surface area contributed by atoms with Crippen LogP contribution in [0.25, 0.3) is 0 Å². The summed E-state index contributed by atoms with van der Waals surface area (Å²) < 4.78 is 10.2. The number of phenols is 1. The van der Waals surface area contributed by atoms with Crippen LogP contribution in [0.2, 0.25) is 0 Å². The normalized spacial score (nSPS) is 15.7. The molecule has 0 spiro atoms. The van der Waals surface area contributed by atoms with Crippen molar-refractivity contribution in [2.75, 3.05) is 0 Å². The van der Waals surface area contributed by atoms with Crippen LogP contribution in [-0.4, -0.2) is 5.11 Å². The molecular weight excluding hydrogens is 156 g/mol. The minimum absolute atomic E-state index is 0.240. The molecule has 0 atom stereocenters. The number of hydrogen-bond donors (Lipinski definition) is 1. The van der Waals surface area contributed by atoms with E-state index in [1.165, 1.54) is 12.5 Å². The van der Waals surface area contributed by atoms with E-state index in [2.05, 4.69) is 0 Å². The second kappa shape index (κ2) is 2.77. The first-order valence-corrected chi connectivity index (χ1v) is 3.61. The van der Waals surface area contributed by atoms with Crippen LogP contribution in [0.1, 0.15) is 11.9 Å². The first-order chi connectivity index (χ1) is 5.86. The van der Waals surface area contributed by atoms with Crippen LogP contribution in [0.4, 0.5) is 0 Å². The fourth-order valence-electron chi connectivity index (χ4n) is 1.03. The van der Waals surface area contributed by atoms with Gasteiger partial charge in [0, 0.05) is 5.56 Å². The van der Waals surface area contributed by atoms with E-state index in [-0.39, 0.29) is 12.0 Å². The number of rotatable bonds is 1. The molecule has 12 heavy (non-hydrogen) atoms. The van der Waals surface area contributed by atoms with E-state index in [9.17, 15) is 0 Å². The molecular formula is C9H8O3. The van der Waals surface area contributed by atoms with Gasteiger partial charge in [0.15, 0.2) is 0 Å². The lowest BCUT2D eigenvalue weighted by molar-refractivity contribution is -0.0246. The van der Waals surface area contributed by atoms with Gasteiger partial charge in [-0.1, -0.05) is 0 Å². The maximum Gasteiger partial charge on any atom is 0.266 e. The van der Waals surface area contributed by atoms with E-state index in [0.717, 1.165) is 5.56 Å². The van der Waals surface area contributed by atoms with E-state index in [1.54, 1.807) is 24.3 Å². The highest BCUT2D eigenvalue weighted by molar-refractivity contribution is 5.26. The molecule has 1 aromatic rings. The molecule has 1 aliphatic heterocycles. The zero-order valence-electron chi connectivity index (χ0n) is 6.31. The largest absolute Gasteiger partial charge is 0.508 e. The highest BCUT2D eigenvalue weighted by Crippen LogP contribution is 2.24. The smallest absolute Gasteiger partial charge is 0.266 e. The molecule has 3 nitrogen and oxygen atoms in total. The minimum atomic E-state index is -0.356. The van der Waals surface area contributed by atoms with Gasteiger partial charge in [-0.15, -0.1) is 0 Å². The Kier molecular flexibility index (Phi) is 1.63. The van der Waals surface area contributed by atoms with Crippen LogP contribution in [0.15, 0.2) is 36.8 Å². The third-order valence-electron chi connectivity index (χ3n) is 1.63. The molecule has 1 aliphatic rings. The minimum Gasteiger partial charge on any atom is -0.508 e. The fraction of sp³-hybridized carbons (Fsp3) is 0.111. The van der Waals surface area contributed by atoms with Gasteiger partial charge in [-0.2, -0.15) is 0 Å². The lowest BCUT2D eigenvalue weighted by Crippen LogP contribution is -1.96. The number of aromatic hydroxyl groups is 1. The molecule has 0 bridgehead atoms. The summed E-state index contributed by atoms with van der Waals surface area (Å²) in [6, 6.07) is 6.71. The van der Waals surface area contributed by atoms with Crippen molar-refractivity contribution in [2.24, 2.45) is 0 Å².